The van der Waals surface area contributed by atoms with E-state index >= 15 is 0 Å². The molecule has 4 rings (SSSR count). The van der Waals surface area contributed by atoms with Crippen LogP contribution < -0.4 is 14.8 Å². The highest BCUT2D eigenvalue weighted by molar-refractivity contribution is 6.05. The van der Waals surface area contributed by atoms with Gasteiger partial charge in [0.15, 0.2) is 0 Å². The largest absolute Gasteiger partial charge is 0.492 e. The van der Waals surface area contributed by atoms with E-state index in [4.69, 9.17) is 9.47 Å². The number of nitrogens with one attached hydrogen (secondary N) is 1. The Balaban J connectivity index is 1.62. The van der Waals surface area contributed by atoms with Crippen LogP contribution in [-0.4, -0.2) is 28.4 Å². The van der Waals surface area contributed by atoms with Crippen LogP contribution in [-0.2, 0) is 6.42 Å². The Bertz CT molecular complexity index is 1060. The van der Waals surface area contributed by atoms with Gasteiger partial charge < -0.3 is 14.8 Å². The van der Waals surface area contributed by atoms with Gasteiger partial charge in [0.1, 0.15) is 23.4 Å². The number of aromatic nitrogens is 2. The predicted molar refractivity (Wildman–Crippen MR) is 108 cm³/mol. The van der Waals surface area contributed by atoms with Gasteiger partial charge in [0.2, 0.25) is 0 Å². The fourth-order valence-corrected chi connectivity index (χ4v) is 3.48. The average Bonchev–Trinajstić information content (AvgIpc) is 3.24. The van der Waals surface area contributed by atoms with Gasteiger partial charge in [-0.15, -0.1) is 0 Å². The first-order chi connectivity index (χ1) is 14.0. The first kappa shape index (κ1) is 19.0. The molecular formula is C22H22FN3O3. The minimum absolute atomic E-state index is 0.0987. The summed E-state index contributed by atoms with van der Waals surface area (Å²) in [5, 5.41) is 7.20. The van der Waals surface area contributed by atoms with Crippen molar-refractivity contribution in [1.29, 1.82) is 0 Å². The molecule has 2 heterocycles. The average molecular weight is 395 g/mol. The number of amides is 1. The Morgan fingerprint density at radius 3 is 2.83 bits per heavy atom. The van der Waals surface area contributed by atoms with E-state index in [1.54, 1.807) is 29.8 Å². The molecule has 1 unspecified atom stereocenters. The maximum absolute atomic E-state index is 13.2. The number of benzene rings is 2. The number of rotatable bonds is 5. The number of hydrogen-bond acceptors (Lipinski definition) is 4. The summed E-state index contributed by atoms with van der Waals surface area (Å²) >= 11 is 0. The van der Waals surface area contributed by atoms with Crippen LogP contribution >= 0.6 is 0 Å². The summed E-state index contributed by atoms with van der Waals surface area (Å²) < 4.78 is 26.3. The van der Waals surface area contributed by atoms with Crippen molar-refractivity contribution in [2.45, 2.75) is 33.3 Å². The monoisotopic (exact) mass is 395 g/mol. The SMILES string of the molecule is CCOc1cc2c(cc1NC(=O)c1cnn(-c3ccc(F)cc3)c1C)OC(C)C2. The third kappa shape index (κ3) is 3.68. The van der Waals surface area contributed by atoms with Gasteiger partial charge in [-0.25, -0.2) is 9.07 Å². The minimum Gasteiger partial charge on any atom is -0.492 e. The summed E-state index contributed by atoms with van der Waals surface area (Å²) in [6.45, 7) is 6.18. The second-order valence-electron chi connectivity index (χ2n) is 7.01. The number of ether oxygens (including phenoxy) is 2. The summed E-state index contributed by atoms with van der Waals surface area (Å²) in [7, 11) is 0. The number of carbonyl (C=O) groups excluding carboxylic acids is 1. The van der Waals surface area contributed by atoms with E-state index in [0.29, 0.717) is 35.0 Å². The second-order valence-corrected chi connectivity index (χ2v) is 7.01. The fourth-order valence-electron chi connectivity index (χ4n) is 3.48. The number of hydrogen-bond donors (Lipinski definition) is 1. The molecule has 0 bridgehead atoms. The van der Waals surface area contributed by atoms with Gasteiger partial charge in [-0.2, -0.15) is 5.10 Å². The molecule has 1 aliphatic heterocycles. The molecule has 29 heavy (non-hydrogen) atoms. The molecule has 6 nitrogen and oxygen atoms in total. The highest BCUT2D eigenvalue weighted by atomic mass is 19.1. The molecule has 3 aromatic rings. The van der Waals surface area contributed by atoms with Crippen molar-refractivity contribution in [1.82, 2.24) is 9.78 Å². The molecule has 1 atom stereocenters. The Labute approximate surface area is 168 Å². The normalized spacial score (nSPS) is 15.0. The molecule has 0 fully saturated rings. The molecule has 0 saturated heterocycles. The summed E-state index contributed by atoms with van der Waals surface area (Å²) in [6, 6.07) is 9.67. The standard InChI is InChI=1S/C22H22FN3O3/c1-4-28-21-10-15-9-13(2)29-20(15)11-19(21)25-22(27)18-12-24-26(14(18)3)17-7-5-16(23)6-8-17/h5-8,10-13H,4,9H2,1-3H3,(H,25,27). The summed E-state index contributed by atoms with van der Waals surface area (Å²) in [5.41, 5.74) is 3.38. The van der Waals surface area contributed by atoms with Crippen LogP contribution in [0.3, 0.4) is 0 Å². The molecule has 0 spiro atoms. The van der Waals surface area contributed by atoms with Crippen LogP contribution in [0.15, 0.2) is 42.6 Å². The van der Waals surface area contributed by atoms with Crippen LogP contribution in [0.4, 0.5) is 10.1 Å². The van der Waals surface area contributed by atoms with E-state index in [2.05, 4.69) is 10.4 Å². The highest BCUT2D eigenvalue weighted by Gasteiger charge is 2.23. The Morgan fingerprint density at radius 1 is 1.34 bits per heavy atom. The van der Waals surface area contributed by atoms with Crippen molar-refractivity contribution >= 4 is 11.6 Å². The van der Waals surface area contributed by atoms with Gasteiger partial charge in [0, 0.05) is 18.1 Å². The third-order valence-corrected chi connectivity index (χ3v) is 4.87. The molecule has 1 aromatic heterocycles. The van der Waals surface area contributed by atoms with Gasteiger partial charge in [0.05, 0.1) is 35.4 Å². The van der Waals surface area contributed by atoms with E-state index in [1.165, 1.54) is 18.3 Å². The highest BCUT2D eigenvalue weighted by Crippen LogP contribution is 2.38. The summed E-state index contributed by atoms with van der Waals surface area (Å²) in [5.74, 6) is 0.742. The van der Waals surface area contributed by atoms with Crippen molar-refractivity contribution in [2.75, 3.05) is 11.9 Å². The first-order valence-electron chi connectivity index (χ1n) is 9.54. The van der Waals surface area contributed by atoms with Gasteiger partial charge in [-0.1, -0.05) is 0 Å². The maximum Gasteiger partial charge on any atom is 0.259 e. The number of carbonyl (C=O) groups is 1. The Hall–Kier alpha value is -3.35. The molecule has 1 aliphatic rings. The number of fused-ring (bicyclic) bond motifs is 1. The van der Waals surface area contributed by atoms with E-state index < -0.39 is 0 Å². The Morgan fingerprint density at radius 2 is 2.10 bits per heavy atom. The van der Waals surface area contributed by atoms with Crippen LogP contribution in [0.1, 0.15) is 35.5 Å². The van der Waals surface area contributed by atoms with Crippen molar-refractivity contribution in [3.63, 3.8) is 0 Å². The second kappa shape index (κ2) is 7.58. The lowest BCUT2D eigenvalue weighted by atomic mass is 10.1. The lowest BCUT2D eigenvalue weighted by Gasteiger charge is -2.13. The smallest absolute Gasteiger partial charge is 0.259 e. The van der Waals surface area contributed by atoms with Gasteiger partial charge in [-0.3, -0.25) is 4.79 Å². The first-order valence-corrected chi connectivity index (χ1v) is 9.54. The third-order valence-electron chi connectivity index (χ3n) is 4.87. The van der Waals surface area contributed by atoms with Crippen LogP contribution in [0.2, 0.25) is 0 Å². The molecule has 7 heteroatoms. The fraction of sp³-hybridized carbons (Fsp3) is 0.273. The number of anilines is 1. The molecule has 1 N–H and O–H groups in total. The van der Waals surface area contributed by atoms with Crippen molar-refractivity contribution in [3.05, 3.63) is 65.2 Å². The molecule has 2 aromatic carbocycles. The zero-order chi connectivity index (χ0) is 20.5. The maximum atomic E-state index is 13.2. The van der Waals surface area contributed by atoms with Crippen LogP contribution in [0.5, 0.6) is 11.5 Å². The van der Waals surface area contributed by atoms with E-state index in [-0.39, 0.29) is 17.8 Å². The van der Waals surface area contributed by atoms with Crippen LogP contribution in [0, 0.1) is 12.7 Å². The van der Waals surface area contributed by atoms with E-state index in [1.807, 2.05) is 19.9 Å². The van der Waals surface area contributed by atoms with Crippen molar-refractivity contribution in [3.8, 4) is 17.2 Å². The topological polar surface area (TPSA) is 65.4 Å². The van der Waals surface area contributed by atoms with E-state index in [9.17, 15) is 9.18 Å². The minimum atomic E-state index is -0.326. The predicted octanol–water partition coefficient (Wildman–Crippen LogP) is 4.29. The summed E-state index contributed by atoms with van der Waals surface area (Å²) in [6.07, 6.45) is 2.41. The zero-order valence-corrected chi connectivity index (χ0v) is 16.5. The van der Waals surface area contributed by atoms with Gasteiger partial charge in [-0.05, 0) is 51.1 Å². The Kier molecular flexibility index (Phi) is 4.96. The summed E-state index contributed by atoms with van der Waals surface area (Å²) in [4.78, 5) is 12.9. The van der Waals surface area contributed by atoms with Crippen molar-refractivity contribution in [2.24, 2.45) is 0 Å². The van der Waals surface area contributed by atoms with Gasteiger partial charge >= 0.3 is 0 Å². The lowest BCUT2D eigenvalue weighted by Crippen LogP contribution is -2.14. The number of nitrogens with zero attached hydrogens (tertiary/aromatic N) is 2. The van der Waals surface area contributed by atoms with Gasteiger partial charge in [0.25, 0.3) is 5.91 Å². The molecule has 0 aliphatic carbocycles. The zero-order valence-electron chi connectivity index (χ0n) is 16.5. The van der Waals surface area contributed by atoms with E-state index in [0.717, 1.165) is 17.7 Å². The molecular weight excluding hydrogens is 373 g/mol. The quantitative estimate of drug-likeness (QED) is 0.700. The lowest BCUT2D eigenvalue weighted by molar-refractivity contribution is 0.102. The molecule has 1 amide bonds. The number of halogens is 1. The molecule has 0 saturated carbocycles. The van der Waals surface area contributed by atoms with Crippen molar-refractivity contribution < 1.29 is 18.7 Å². The van der Waals surface area contributed by atoms with Crippen LogP contribution in [0.25, 0.3) is 5.69 Å². The molecule has 0 radical (unpaired) electrons. The molecule has 150 valence electrons.